The van der Waals surface area contributed by atoms with E-state index >= 15 is 0 Å². The molecule has 3 heterocycles. The van der Waals surface area contributed by atoms with Gasteiger partial charge in [0.2, 0.25) is 15.9 Å². The third-order valence-corrected chi connectivity index (χ3v) is 8.19. The number of hydrogen-bond acceptors (Lipinski definition) is 5. The Balaban J connectivity index is 1.51. The van der Waals surface area contributed by atoms with E-state index in [-0.39, 0.29) is 29.6 Å². The van der Waals surface area contributed by atoms with Gasteiger partial charge in [0.15, 0.2) is 0 Å². The molecule has 1 aliphatic rings. The van der Waals surface area contributed by atoms with Gasteiger partial charge in [-0.25, -0.2) is 8.42 Å². The molecule has 35 heavy (non-hydrogen) atoms. The van der Waals surface area contributed by atoms with Crippen LogP contribution in [0.25, 0.3) is 10.9 Å². The first-order valence-corrected chi connectivity index (χ1v) is 13.2. The van der Waals surface area contributed by atoms with E-state index in [2.05, 4.69) is 9.71 Å². The van der Waals surface area contributed by atoms with Crippen molar-refractivity contribution in [1.29, 1.82) is 0 Å². The van der Waals surface area contributed by atoms with Crippen molar-refractivity contribution in [2.24, 2.45) is 5.92 Å². The molecule has 0 saturated carbocycles. The number of carbonyl (C=O) groups is 2. The van der Waals surface area contributed by atoms with Crippen LogP contribution < -0.4 is 10.5 Å². The zero-order valence-corrected chi connectivity index (χ0v) is 20.2. The highest BCUT2D eigenvalue weighted by Crippen LogP contribution is 2.25. The number of fused-ring (bicyclic) bond motifs is 1. The van der Waals surface area contributed by atoms with Gasteiger partial charge in [-0.1, -0.05) is 6.07 Å². The topological polar surface area (TPSA) is 151 Å². The average Bonchev–Trinajstić information content (AvgIpc) is 3.48. The maximum atomic E-state index is 13.5. The van der Waals surface area contributed by atoms with Gasteiger partial charge in [-0.05, 0) is 61.9 Å². The van der Waals surface area contributed by atoms with Crippen molar-refractivity contribution in [2.45, 2.75) is 49.6 Å². The zero-order chi connectivity index (χ0) is 25.0. The summed E-state index contributed by atoms with van der Waals surface area (Å²) in [4.78, 5) is 29.2. The number of rotatable bonds is 10. The summed E-state index contributed by atoms with van der Waals surface area (Å²) in [5.41, 5.74) is 6.66. The summed E-state index contributed by atoms with van der Waals surface area (Å²) in [6.45, 7) is 1.32. The number of sulfonamides is 1. The molecule has 5 N–H and O–H groups in total. The normalized spacial score (nSPS) is 15.9. The number of aromatic amines is 1. The number of carboxylic acids is 1. The van der Waals surface area contributed by atoms with Crippen LogP contribution in [0.3, 0.4) is 0 Å². The lowest BCUT2D eigenvalue weighted by Gasteiger charge is -2.34. The smallest absolute Gasteiger partial charge is 0.303 e. The van der Waals surface area contributed by atoms with Crippen LogP contribution in [-0.4, -0.2) is 59.0 Å². The highest BCUT2D eigenvalue weighted by Gasteiger charge is 2.32. The lowest BCUT2D eigenvalue weighted by atomic mass is 9.92. The number of aromatic nitrogens is 2. The molecular weight excluding hydrogens is 470 g/mol. The third kappa shape index (κ3) is 5.85. The Labute approximate surface area is 204 Å². The molecule has 1 unspecified atom stereocenters. The fourth-order valence-corrected chi connectivity index (χ4v) is 6.11. The zero-order valence-electron chi connectivity index (χ0n) is 19.4. The Morgan fingerprint density at radius 1 is 1.17 bits per heavy atom. The van der Waals surface area contributed by atoms with Crippen molar-refractivity contribution in [3.8, 4) is 0 Å². The number of anilines is 1. The lowest BCUT2D eigenvalue weighted by molar-refractivity contribution is -0.138. The van der Waals surface area contributed by atoms with Gasteiger partial charge in [0, 0.05) is 49.4 Å². The number of nitrogens with zero attached hydrogens (tertiary/aromatic N) is 2. The summed E-state index contributed by atoms with van der Waals surface area (Å²) in [5.74, 6) is -0.316. The number of amides is 1. The van der Waals surface area contributed by atoms with E-state index in [0.717, 1.165) is 0 Å². The van der Waals surface area contributed by atoms with Gasteiger partial charge >= 0.3 is 5.97 Å². The summed E-state index contributed by atoms with van der Waals surface area (Å²) in [7, 11) is -3.99. The third-order valence-electron chi connectivity index (χ3n) is 6.66. The largest absolute Gasteiger partial charge is 0.481 e. The molecule has 11 heteroatoms. The Morgan fingerprint density at radius 3 is 2.63 bits per heavy atom. The number of aliphatic carboxylic acids is 1. The second-order valence-electron chi connectivity index (χ2n) is 8.99. The van der Waals surface area contributed by atoms with Gasteiger partial charge in [-0.3, -0.25) is 9.59 Å². The van der Waals surface area contributed by atoms with E-state index < -0.39 is 22.0 Å². The van der Waals surface area contributed by atoms with Crippen LogP contribution in [0, 0.1) is 5.92 Å². The van der Waals surface area contributed by atoms with Gasteiger partial charge in [0.25, 0.3) is 0 Å². The molecule has 3 aromatic rings. The molecule has 0 bridgehead atoms. The van der Waals surface area contributed by atoms with Crippen LogP contribution in [0.1, 0.15) is 32.1 Å². The van der Waals surface area contributed by atoms with E-state index in [4.69, 9.17) is 10.8 Å². The number of hydrogen-bond donors (Lipinski definition) is 4. The average molecular weight is 502 g/mol. The highest BCUT2D eigenvalue weighted by molar-refractivity contribution is 7.89. The summed E-state index contributed by atoms with van der Waals surface area (Å²) in [5, 5.41) is 9.48. The first-order valence-electron chi connectivity index (χ1n) is 11.7. The van der Waals surface area contributed by atoms with Crippen LogP contribution in [-0.2, 0) is 26.2 Å². The van der Waals surface area contributed by atoms with E-state index in [1.54, 1.807) is 52.2 Å². The van der Waals surface area contributed by atoms with Gasteiger partial charge < -0.3 is 25.3 Å². The van der Waals surface area contributed by atoms with Crippen molar-refractivity contribution in [3.63, 3.8) is 0 Å². The predicted molar refractivity (Wildman–Crippen MR) is 132 cm³/mol. The molecule has 1 atom stereocenters. The van der Waals surface area contributed by atoms with Crippen LogP contribution in [0.15, 0.2) is 53.7 Å². The molecule has 0 radical (unpaired) electrons. The fraction of sp³-hybridized carbons (Fsp3) is 0.417. The highest BCUT2D eigenvalue weighted by atomic mass is 32.2. The minimum absolute atomic E-state index is 0.113. The molecule has 1 aromatic carbocycles. The van der Waals surface area contributed by atoms with Crippen molar-refractivity contribution in [1.82, 2.24) is 19.2 Å². The molecule has 1 amide bonds. The number of benzene rings is 1. The van der Waals surface area contributed by atoms with E-state index in [1.807, 2.05) is 0 Å². The van der Waals surface area contributed by atoms with E-state index in [1.165, 1.54) is 6.07 Å². The molecule has 188 valence electrons. The summed E-state index contributed by atoms with van der Waals surface area (Å²) < 4.78 is 31.2. The Bertz CT molecular complexity index is 1290. The number of nitrogens with two attached hydrogens (primary N) is 1. The number of aryl methyl sites for hydroxylation is 1. The minimum Gasteiger partial charge on any atom is -0.481 e. The molecule has 4 rings (SSSR count). The molecule has 0 aliphatic carbocycles. The van der Waals surface area contributed by atoms with Gasteiger partial charge in [-0.2, -0.15) is 4.72 Å². The Morgan fingerprint density at radius 2 is 1.94 bits per heavy atom. The maximum Gasteiger partial charge on any atom is 0.303 e. The number of nitrogens with one attached hydrogen (secondary N) is 2. The maximum absolute atomic E-state index is 13.5. The van der Waals surface area contributed by atoms with Crippen LogP contribution >= 0.6 is 0 Å². The van der Waals surface area contributed by atoms with Gasteiger partial charge in [0.05, 0.1) is 4.90 Å². The standard InChI is InChI=1S/C24H31N5O5S/c25-22-5-2-13-28(22)16-11-20(24(32)29-14-9-17(10-15-29)6-7-23(30)31)27-35(33,34)21-4-1-3-19-18(21)8-12-26-19/h1-5,8,12-13,17,20,26-27H,6-7,9-11,14-16,25H2,(H,30,31). The molecule has 2 aromatic heterocycles. The van der Waals surface area contributed by atoms with Crippen LogP contribution in [0.5, 0.6) is 0 Å². The Kier molecular flexibility index (Phi) is 7.46. The number of H-pyrrole nitrogens is 1. The van der Waals surface area contributed by atoms with Crippen LogP contribution in [0.4, 0.5) is 5.82 Å². The quantitative estimate of drug-likeness (QED) is 0.335. The number of likely N-dealkylation sites (tertiary alicyclic amines) is 1. The molecular formula is C24H31N5O5S. The first kappa shape index (κ1) is 24.8. The number of nitrogen functional groups attached to an aromatic ring is 1. The van der Waals surface area contributed by atoms with Gasteiger partial charge in [-0.15, -0.1) is 0 Å². The molecule has 10 nitrogen and oxygen atoms in total. The number of carboxylic acid groups (broad SMARTS) is 1. The fourth-order valence-electron chi connectivity index (χ4n) is 4.66. The van der Waals surface area contributed by atoms with Crippen molar-refractivity contribution in [3.05, 3.63) is 48.8 Å². The predicted octanol–water partition coefficient (Wildman–Crippen LogP) is 2.39. The van der Waals surface area contributed by atoms with Crippen molar-refractivity contribution < 1.29 is 23.1 Å². The van der Waals surface area contributed by atoms with Crippen LogP contribution in [0.2, 0.25) is 0 Å². The number of carbonyl (C=O) groups excluding carboxylic acids is 1. The van der Waals surface area contributed by atoms with E-state index in [0.29, 0.717) is 55.6 Å². The Hall–Kier alpha value is -3.31. The lowest BCUT2D eigenvalue weighted by Crippen LogP contribution is -2.51. The number of piperidine rings is 1. The summed E-state index contributed by atoms with van der Waals surface area (Å²) >= 11 is 0. The summed E-state index contributed by atoms with van der Waals surface area (Å²) in [6.07, 6.45) is 5.80. The summed E-state index contributed by atoms with van der Waals surface area (Å²) in [6, 6.07) is 9.25. The first-order chi connectivity index (χ1) is 16.7. The molecule has 1 fully saturated rings. The molecule has 1 saturated heterocycles. The minimum atomic E-state index is -3.99. The molecule has 0 spiro atoms. The SMILES string of the molecule is Nc1cccn1CCC(NS(=O)(=O)c1cccc2[nH]ccc12)C(=O)N1CCC(CCC(=O)O)CC1. The monoisotopic (exact) mass is 501 g/mol. The van der Waals surface area contributed by atoms with Crippen molar-refractivity contribution in [2.75, 3.05) is 18.8 Å². The second kappa shape index (κ2) is 10.5. The van der Waals surface area contributed by atoms with Crippen molar-refractivity contribution >= 4 is 38.6 Å². The second-order valence-corrected chi connectivity index (χ2v) is 10.7. The van der Waals surface area contributed by atoms with Gasteiger partial charge in [0.1, 0.15) is 11.9 Å². The van der Waals surface area contributed by atoms with E-state index in [9.17, 15) is 18.0 Å². The molecule has 1 aliphatic heterocycles.